The molecule has 0 bridgehead atoms. The Kier molecular flexibility index (Phi) is 3.06. The normalized spacial score (nSPS) is 17.5. The molecule has 0 amide bonds. The van der Waals surface area contributed by atoms with Crippen molar-refractivity contribution in [1.82, 2.24) is 4.98 Å². The van der Waals surface area contributed by atoms with Crippen LogP contribution in [0.1, 0.15) is 31.2 Å². The summed E-state index contributed by atoms with van der Waals surface area (Å²) in [4.78, 5) is 4.15. The van der Waals surface area contributed by atoms with E-state index in [-0.39, 0.29) is 0 Å². The van der Waals surface area contributed by atoms with Gasteiger partial charge in [-0.25, -0.2) is 4.98 Å². The van der Waals surface area contributed by atoms with E-state index in [0.717, 1.165) is 16.8 Å². The first kappa shape index (κ1) is 9.97. The number of rotatable bonds is 2. The second-order valence-electron chi connectivity index (χ2n) is 4.05. The van der Waals surface area contributed by atoms with Gasteiger partial charge in [0.05, 0.1) is 0 Å². The van der Waals surface area contributed by atoms with Crippen molar-refractivity contribution in [3.8, 4) is 0 Å². The third-order valence-corrected chi connectivity index (χ3v) is 3.39. The lowest BCUT2D eigenvalue weighted by molar-refractivity contribution is 0.546. The second kappa shape index (κ2) is 4.30. The van der Waals surface area contributed by atoms with Crippen LogP contribution >= 0.6 is 15.9 Å². The summed E-state index contributed by atoms with van der Waals surface area (Å²) in [5.41, 5.74) is 7.04. The van der Waals surface area contributed by atoms with Crippen molar-refractivity contribution in [3.63, 3.8) is 0 Å². The number of anilines is 1. The van der Waals surface area contributed by atoms with Gasteiger partial charge in [0.15, 0.2) is 0 Å². The average molecular weight is 255 g/mol. The fourth-order valence-electron chi connectivity index (χ4n) is 2.18. The third kappa shape index (κ3) is 2.27. The monoisotopic (exact) mass is 254 g/mol. The highest BCUT2D eigenvalue weighted by Crippen LogP contribution is 2.29. The lowest BCUT2D eigenvalue weighted by atomic mass is 9.99. The van der Waals surface area contributed by atoms with Crippen molar-refractivity contribution < 1.29 is 0 Å². The number of nitrogen functional groups attached to an aromatic ring is 1. The number of hydrogen-bond acceptors (Lipinski definition) is 2. The summed E-state index contributed by atoms with van der Waals surface area (Å²) in [6.45, 7) is 0. The molecule has 1 saturated carbocycles. The van der Waals surface area contributed by atoms with Crippen molar-refractivity contribution in [2.75, 3.05) is 5.73 Å². The van der Waals surface area contributed by atoms with Crippen LogP contribution in [0.15, 0.2) is 16.7 Å². The Hall–Kier alpha value is -0.570. The number of nitrogens with two attached hydrogens (primary N) is 1. The van der Waals surface area contributed by atoms with Gasteiger partial charge in [0.1, 0.15) is 5.82 Å². The highest BCUT2D eigenvalue weighted by atomic mass is 79.9. The van der Waals surface area contributed by atoms with Crippen LogP contribution in [0.5, 0.6) is 0 Å². The highest BCUT2D eigenvalue weighted by molar-refractivity contribution is 9.10. The van der Waals surface area contributed by atoms with Crippen molar-refractivity contribution in [2.45, 2.75) is 32.1 Å². The maximum Gasteiger partial charge on any atom is 0.126 e. The van der Waals surface area contributed by atoms with Crippen LogP contribution in [0.2, 0.25) is 0 Å². The van der Waals surface area contributed by atoms with Gasteiger partial charge in [-0.1, -0.05) is 25.7 Å². The predicted octanol–water partition coefficient (Wildman–Crippen LogP) is 3.16. The fourth-order valence-corrected chi connectivity index (χ4v) is 2.56. The summed E-state index contributed by atoms with van der Waals surface area (Å²) in [5, 5.41) is 0. The summed E-state index contributed by atoms with van der Waals surface area (Å²) in [5.74, 6) is 1.52. The Morgan fingerprint density at radius 2 is 2.14 bits per heavy atom. The minimum Gasteiger partial charge on any atom is -0.383 e. The number of nitrogens with zero attached hydrogens (tertiary/aromatic N) is 1. The molecule has 76 valence electrons. The lowest BCUT2D eigenvalue weighted by Crippen LogP contribution is -2.03. The first-order valence-corrected chi connectivity index (χ1v) is 5.95. The summed E-state index contributed by atoms with van der Waals surface area (Å²) >= 11 is 3.43. The van der Waals surface area contributed by atoms with Crippen LogP contribution in [0.4, 0.5) is 5.82 Å². The Morgan fingerprint density at radius 1 is 1.43 bits per heavy atom. The van der Waals surface area contributed by atoms with Crippen LogP contribution in [0.25, 0.3) is 0 Å². The van der Waals surface area contributed by atoms with Crippen LogP contribution in [0, 0.1) is 5.92 Å². The van der Waals surface area contributed by atoms with E-state index in [9.17, 15) is 0 Å². The number of halogens is 1. The van der Waals surface area contributed by atoms with Crippen LogP contribution in [-0.4, -0.2) is 4.98 Å². The second-order valence-corrected chi connectivity index (χ2v) is 4.97. The van der Waals surface area contributed by atoms with Crippen molar-refractivity contribution in [3.05, 3.63) is 22.3 Å². The molecule has 1 fully saturated rings. The molecule has 2 nitrogen and oxygen atoms in total. The van der Waals surface area contributed by atoms with E-state index in [0.29, 0.717) is 5.82 Å². The maximum absolute atomic E-state index is 5.84. The van der Waals surface area contributed by atoms with Gasteiger partial charge in [0.2, 0.25) is 0 Å². The topological polar surface area (TPSA) is 38.9 Å². The highest BCUT2D eigenvalue weighted by Gasteiger charge is 2.16. The summed E-state index contributed by atoms with van der Waals surface area (Å²) < 4.78 is 1.03. The molecule has 2 N–H and O–H groups in total. The summed E-state index contributed by atoms with van der Waals surface area (Å²) in [7, 11) is 0. The first-order valence-electron chi connectivity index (χ1n) is 5.15. The van der Waals surface area contributed by atoms with E-state index < -0.39 is 0 Å². The molecule has 0 unspecified atom stereocenters. The van der Waals surface area contributed by atoms with E-state index in [1.807, 2.05) is 0 Å². The molecule has 1 heterocycles. The van der Waals surface area contributed by atoms with Gasteiger partial charge in [0, 0.05) is 10.7 Å². The molecule has 2 rings (SSSR count). The minimum atomic E-state index is 0.695. The van der Waals surface area contributed by atoms with E-state index in [1.165, 1.54) is 31.2 Å². The van der Waals surface area contributed by atoms with Crippen molar-refractivity contribution in [1.29, 1.82) is 0 Å². The van der Waals surface area contributed by atoms with Crippen LogP contribution < -0.4 is 5.73 Å². The largest absolute Gasteiger partial charge is 0.383 e. The zero-order chi connectivity index (χ0) is 9.97. The van der Waals surface area contributed by atoms with E-state index in [4.69, 9.17) is 5.73 Å². The van der Waals surface area contributed by atoms with Crippen molar-refractivity contribution in [2.24, 2.45) is 5.92 Å². The molecule has 0 aromatic carbocycles. The standard InChI is InChI=1S/C11H15BrN2/c12-10-6-9(11(13)14-7-10)5-8-3-1-2-4-8/h6-8H,1-5H2,(H2,13,14). The van der Waals surface area contributed by atoms with E-state index in [2.05, 4.69) is 27.0 Å². The predicted molar refractivity (Wildman–Crippen MR) is 62.0 cm³/mol. The lowest BCUT2D eigenvalue weighted by Gasteiger charge is -2.10. The van der Waals surface area contributed by atoms with Gasteiger partial charge in [-0.05, 0) is 39.9 Å². The average Bonchev–Trinajstić information content (AvgIpc) is 2.64. The van der Waals surface area contributed by atoms with Crippen LogP contribution in [-0.2, 0) is 6.42 Å². The molecular formula is C11H15BrN2. The SMILES string of the molecule is Nc1ncc(Br)cc1CC1CCCC1. The molecule has 0 aliphatic heterocycles. The van der Waals surface area contributed by atoms with Crippen LogP contribution in [0.3, 0.4) is 0 Å². The number of pyridine rings is 1. The Morgan fingerprint density at radius 3 is 2.86 bits per heavy atom. The molecule has 1 aromatic rings. The van der Waals surface area contributed by atoms with E-state index >= 15 is 0 Å². The molecule has 0 spiro atoms. The molecule has 14 heavy (non-hydrogen) atoms. The van der Waals surface area contributed by atoms with Gasteiger partial charge in [-0.2, -0.15) is 0 Å². The van der Waals surface area contributed by atoms with Gasteiger partial charge in [-0.15, -0.1) is 0 Å². The van der Waals surface area contributed by atoms with Gasteiger partial charge in [0.25, 0.3) is 0 Å². The summed E-state index contributed by atoms with van der Waals surface area (Å²) in [6.07, 6.45) is 8.32. The molecule has 1 aliphatic rings. The molecule has 0 saturated heterocycles. The fraction of sp³-hybridized carbons (Fsp3) is 0.545. The maximum atomic E-state index is 5.84. The number of aromatic nitrogens is 1. The molecule has 0 atom stereocenters. The zero-order valence-corrected chi connectivity index (χ0v) is 9.76. The molecule has 0 radical (unpaired) electrons. The molecule has 1 aliphatic carbocycles. The first-order chi connectivity index (χ1) is 6.75. The van der Waals surface area contributed by atoms with Gasteiger partial charge < -0.3 is 5.73 Å². The van der Waals surface area contributed by atoms with Gasteiger partial charge >= 0.3 is 0 Å². The quantitative estimate of drug-likeness (QED) is 0.881. The van der Waals surface area contributed by atoms with E-state index in [1.54, 1.807) is 6.20 Å². The molecule has 1 aromatic heterocycles. The molecule has 3 heteroatoms. The van der Waals surface area contributed by atoms with Crippen molar-refractivity contribution >= 4 is 21.7 Å². The Labute approximate surface area is 93.0 Å². The smallest absolute Gasteiger partial charge is 0.126 e. The Bertz CT molecular complexity index is 319. The minimum absolute atomic E-state index is 0.695. The van der Waals surface area contributed by atoms with Gasteiger partial charge in [-0.3, -0.25) is 0 Å². The summed E-state index contributed by atoms with van der Waals surface area (Å²) in [6, 6.07) is 2.10. The third-order valence-electron chi connectivity index (χ3n) is 2.95. The zero-order valence-electron chi connectivity index (χ0n) is 8.17. The Balaban J connectivity index is 2.10. The molecular weight excluding hydrogens is 240 g/mol. The number of hydrogen-bond donors (Lipinski definition) is 1.